The lowest BCUT2D eigenvalue weighted by Gasteiger charge is -2.12. The van der Waals surface area contributed by atoms with E-state index in [1.165, 1.54) is 0 Å². The first-order chi connectivity index (χ1) is 4.86. The molecule has 1 saturated carbocycles. The highest BCUT2D eigenvalue weighted by molar-refractivity contribution is 6.06. The Morgan fingerprint density at radius 3 is 1.90 bits per heavy atom. The van der Waals surface area contributed by atoms with Crippen LogP contribution in [0.4, 0.5) is 0 Å². The number of nitrogens with zero attached hydrogens (tertiary/aromatic N) is 2. The molecule has 4 N–H and O–H groups in total. The van der Waals surface area contributed by atoms with Crippen molar-refractivity contribution in [3.63, 3.8) is 0 Å². The lowest BCUT2D eigenvalue weighted by molar-refractivity contribution is 0.861. The van der Waals surface area contributed by atoms with Crippen LogP contribution in [0.15, 0.2) is 10.2 Å². The maximum Gasteiger partial charge on any atom is 0.0432 e. The van der Waals surface area contributed by atoms with Crippen molar-refractivity contribution < 1.29 is 0 Å². The van der Waals surface area contributed by atoms with Gasteiger partial charge in [0.05, 0.1) is 0 Å². The third-order valence-electron chi connectivity index (χ3n) is 1.70. The largest absolute Gasteiger partial charge is 0.323 e. The molecule has 4 nitrogen and oxygen atoms in total. The van der Waals surface area contributed by atoms with E-state index in [-0.39, 0.29) is 0 Å². The molecule has 0 saturated heterocycles. The van der Waals surface area contributed by atoms with Crippen LogP contribution in [0.25, 0.3) is 0 Å². The van der Waals surface area contributed by atoms with Gasteiger partial charge in [0, 0.05) is 17.8 Å². The van der Waals surface area contributed by atoms with Gasteiger partial charge >= 0.3 is 0 Å². The SMILES string of the molecule is N/N=C1/CCC/C(=N/N)C1. The van der Waals surface area contributed by atoms with E-state index in [0.29, 0.717) is 0 Å². The molecule has 0 heterocycles. The minimum Gasteiger partial charge on any atom is -0.323 e. The van der Waals surface area contributed by atoms with Crippen molar-refractivity contribution in [1.29, 1.82) is 0 Å². The fourth-order valence-electron chi connectivity index (χ4n) is 1.13. The standard InChI is InChI=1S/C6H12N4/c7-9-5-2-1-3-6(4-5)10-8/h1-4,7-8H2/b9-5-,10-6-. The van der Waals surface area contributed by atoms with E-state index in [0.717, 1.165) is 37.1 Å². The fourth-order valence-corrected chi connectivity index (χ4v) is 1.13. The minimum absolute atomic E-state index is 0.771. The molecule has 1 aliphatic rings. The number of rotatable bonds is 0. The van der Waals surface area contributed by atoms with E-state index in [4.69, 9.17) is 11.7 Å². The molecular formula is C6H12N4. The summed E-state index contributed by atoms with van der Waals surface area (Å²) in [5, 5.41) is 7.25. The third-order valence-corrected chi connectivity index (χ3v) is 1.70. The van der Waals surface area contributed by atoms with Gasteiger partial charge in [-0.3, -0.25) is 0 Å². The highest BCUT2D eigenvalue weighted by Gasteiger charge is 2.11. The predicted molar refractivity (Wildman–Crippen MR) is 41.7 cm³/mol. The molecule has 0 aromatic rings. The zero-order valence-electron chi connectivity index (χ0n) is 5.88. The molecule has 1 aliphatic carbocycles. The Labute approximate surface area is 60.0 Å². The second-order valence-corrected chi connectivity index (χ2v) is 2.42. The summed E-state index contributed by atoms with van der Waals surface area (Å²) in [4.78, 5) is 0. The molecule has 0 radical (unpaired) electrons. The van der Waals surface area contributed by atoms with E-state index < -0.39 is 0 Å². The van der Waals surface area contributed by atoms with Gasteiger partial charge in [0.15, 0.2) is 0 Å². The third kappa shape index (κ3) is 1.46. The Morgan fingerprint density at radius 2 is 1.50 bits per heavy atom. The molecule has 1 rings (SSSR count). The summed E-state index contributed by atoms with van der Waals surface area (Å²) < 4.78 is 0. The van der Waals surface area contributed by atoms with Crippen LogP contribution in [-0.4, -0.2) is 11.4 Å². The summed E-state index contributed by atoms with van der Waals surface area (Å²) in [5.74, 6) is 10.2. The molecule has 1 fully saturated rings. The zero-order chi connectivity index (χ0) is 7.40. The lowest BCUT2D eigenvalue weighted by Crippen LogP contribution is -2.17. The molecule has 56 valence electrons. The Bertz CT molecular complexity index is 153. The smallest absolute Gasteiger partial charge is 0.0432 e. The second kappa shape index (κ2) is 3.20. The first-order valence-corrected chi connectivity index (χ1v) is 3.38. The topological polar surface area (TPSA) is 76.8 Å². The average Bonchev–Trinajstić information content (AvgIpc) is 2.05. The summed E-state index contributed by atoms with van der Waals surface area (Å²) in [5.41, 5.74) is 2.02. The van der Waals surface area contributed by atoms with Crippen molar-refractivity contribution in [3.05, 3.63) is 0 Å². The number of hydrazone groups is 2. The van der Waals surface area contributed by atoms with Gasteiger partial charge < -0.3 is 11.7 Å². The van der Waals surface area contributed by atoms with E-state index >= 15 is 0 Å². The van der Waals surface area contributed by atoms with Crippen molar-refractivity contribution in [2.24, 2.45) is 21.9 Å². The molecule has 0 aromatic carbocycles. The van der Waals surface area contributed by atoms with Crippen LogP contribution < -0.4 is 11.7 Å². The minimum atomic E-state index is 0.771. The molecule has 4 heteroatoms. The van der Waals surface area contributed by atoms with E-state index in [1.807, 2.05) is 0 Å². The molecule has 0 amide bonds. The molecule has 0 spiro atoms. The molecule has 0 bridgehead atoms. The average molecular weight is 140 g/mol. The van der Waals surface area contributed by atoms with E-state index in [9.17, 15) is 0 Å². The molecule has 0 aliphatic heterocycles. The normalized spacial score (nSPS) is 27.6. The number of nitrogens with two attached hydrogens (primary N) is 2. The van der Waals surface area contributed by atoms with Gasteiger partial charge in [0.2, 0.25) is 0 Å². The zero-order valence-corrected chi connectivity index (χ0v) is 5.88. The van der Waals surface area contributed by atoms with Gasteiger partial charge in [0.1, 0.15) is 0 Å². The van der Waals surface area contributed by atoms with Crippen LogP contribution in [0.3, 0.4) is 0 Å². The molecular weight excluding hydrogens is 128 g/mol. The second-order valence-electron chi connectivity index (χ2n) is 2.42. The Morgan fingerprint density at radius 1 is 1.00 bits per heavy atom. The van der Waals surface area contributed by atoms with Crippen LogP contribution in [0.1, 0.15) is 25.7 Å². The van der Waals surface area contributed by atoms with Gasteiger partial charge in [-0.2, -0.15) is 10.2 Å². The van der Waals surface area contributed by atoms with Crippen molar-refractivity contribution in [1.82, 2.24) is 0 Å². The lowest BCUT2D eigenvalue weighted by atomic mass is 9.97. The summed E-state index contributed by atoms with van der Waals surface area (Å²) in [6.45, 7) is 0. The first kappa shape index (κ1) is 7.05. The van der Waals surface area contributed by atoms with Gasteiger partial charge in [0.25, 0.3) is 0 Å². The Balaban J connectivity index is 2.56. The van der Waals surface area contributed by atoms with Crippen LogP contribution >= 0.6 is 0 Å². The summed E-state index contributed by atoms with van der Waals surface area (Å²) in [7, 11) is 0. The molecule has 0 unspecified atom stereocenters. The van der Waals surface area contributed by atoms with Crippen LogP contribution in [0, 0.1) is 0 Å². The van der Waals surface area contributed by atoms with Crippen molar-refractivity contribution in [2.75, 3.05) is 0 Å². The quantitative estimate of drug-likeness (QED) is 0.372. The monoisotopic (exact) mass is 140 g/mol. The summed E-state index contributed by atoms with van der Waals surface area (Å²) >= 11 is 0. The van der Waals surface area contributed by atoms with Gasteiger partial charge in [-0.15, -0.1) is 0 Å². The van der Waals surface area contributed by atoms with E-state index in [2.05, 4.69) is 10.2 Å². The van der Waals surface area contributed by atoms with Crippen molar-refractivity contribution in [3.8, 4) is 0 Å². The summed E-state index contributed by atoms with van der Waals surface area (Å²) in [6, 6.07) is 0. The van der Waals surface area contributed by atoms with Gasteiger partial charge in [-0.05, 0) is 19.3 Å². The highest BCUT2D eigenvalue weighted by Crippen LogP contribution is 2.11. The molecule has 0 aromatic heterocycles. The Kier molecular flexibility index (Phi) is 2.25. The fraction of sp³-hybridized carbons (Fsp3) is 0.667. The number of hydrogen-bond acceptors (Lipinski definition) is 4. The van der Waals surface area contributed by atoms with Gasteiger partial charge in [-0.1, -0.05) is 0 Å². The molecule has 10 heavy (non-hydrogen) atoms. The van der Waals surface area contributed by atoms with Crippen molar-refractivity contribution >= 4 is 11.4 Å². The first-order valence-electron chi connectivity index (χ1n) is 3.38. The number of hydrogen-bond donors (Lipinski definition) is 2. The van der Waals surface area contributed by atoms with Crippen LogP contribution in [0.2, 0.25) is 0 Å². The van der Waals surface area contributed by atoms with Crippen LogP contribution in [-0.2, 0) is 0 Å². The highest BCUT2D eigenvalue weighted by atomic mass is 15.1. The van der Waals surface area contributed by atoms with E-state index in [1.54, 1.807) is 0 Å². The van der Waals surface area contributed by atoms with Crippen molar-refractivity contribution in [2.45, 2.75) is 25.7 Å². The maximum absolute atomic E-state index is 5.11. The summed E-state index contributed by atoms with van der Waals surface area (Å²) in [6.07, 6.45) is 3.84. The molecule has 0 atom stereocenters. The Hall–Kier alpha value is -1.06. The van der Waals surface area contributed by atoms with Crippen LogP contribution in [0.5, 0.6) is 0 Å². The van der Waals surface area contributed by atoms with Gasteiger partial charge in [-0.25, -0.2) is 0 Å². The maximum atomic E-state index is 5.11. The predicted octanol–water partition coefficient (Wildman–Crippen LogP) is 0.190.